The second-order valence-electron chi connectivity index (χ2n) is 9.58. The lowest BCUT2D eigenvalue weighted by atomic mass is 9.78. The molecule has 182 valence electrons. The fraction of sp³-hybridized carbons (Fsp3) is 0.538. The summed E-state index contributed by atoms with van der Waals surface area (Å²) in [7, 11) is 1.52. The van der Waals surface area contributed by atoms with Crippen molar-refractivity contribution in [2.24, 2.45) is 5.41 Å². The summed E-state index contributed by atoms with van der Waals surface area (Å²) in [5, 5.41) is 0. The molecular formula is C26H34N4O4. The first-order valence-electron chi connectivity index (χ1n) is 12.0. The van der Waals surface area contributed by atoms with Gasteiger partial charge in [-0.2, -0.15) is 0 Å². The summed E-state index contributed by atoms with van der Waals surface area (Å²) in [5.41, 5.74) is 1.37. The van der Waals surface area contributed by atoms with E-state index in [1.807, 2.05) is 43.0 Å². The summed E-state index contributed by atoms with van der Waals surface area (Å²) in [6.07, 6.45) is 6.50. The predicted octanol–water partition coefficient (Wildman–Crippen LogP) is 3.56. The van der Waals surface area contributed by atoms with Crippen molar-refractivity contribution in [2.45, 2.75) is 45.4 Å². The Kier molecular flexibility index (Phi) is 7.46. The lowest BCUT2D eigenvalue weighted by molar-refractivity contribution is -0.149. The van der Waals surface area contributed by atoms with E-state index in [0.717, 1.165) is 36.4 Å². The second kappa shape index (κ2) is 10.5. The maximum Gasteiger partial charge on any atom is 0.248 e. The van der Waals surface area contributed by atoms with Crippen LogP contribution in [0.4, 0.5) is 0 Å². The number of ether oxygens (including phenoxy) is 2. The maximum absolute atomic E-state index is 13.6. The summed E-state index contributed by atoms with van der Waals surface area (Å²) < 4.78 is 11.1. The van der Waals surface area contributed by atoms with Gasteiger partial charge in [0.1, 0.15) is 18.1 Å². The normalized spacial score (nSPS) is 20.1. The number of benzene rings is 1. The zero-order chi connectivity index (χ0) is 24.1. The molecule has 2 fully saturated rings. The van der Waals surface area contributed by atoms with E-state index in [2.05, 4.69) is 9.97 Å². The molecule has 1 aromatic heterocycles. The number of rotatable bonds is 6. The highest BCUT2D eigenvalue weighted by Gasteiger charge is 2.42. The average Bonchev–Trinajstić information content (AvgIpc) is 2.86. The number of piperidine rings is 2. The van der Waals surface area contributed by atoms with Gasteiger partial charge in [-0.25, -0.2) is 4.98 Å². The van der Waals surface area contributed by atoms with Crippen molar-refractivity contribution in [3.63, 3.8) is 0 Å². The Morgan fingerprint density at radius 3 is 2.56 bits per heavy atom. The Morgan fingerprint density at radius 1 is 1.09 bits per heavy atom. The number of para-hydroxylation sites is 1. The van der Waals surface area contributed by atoms with Crippen LogP contribution in [0, 0.1) is 12.3 Å². The molecule has 1 unspecified atom stereocenters. The third-order valence-corrected chi connectivity index (χ3v) is 7.09. The number of amides is 2. The number of hydrogen-bond donors (Lipinski definition) is 0. The van der Waals surface area contributed by atoms with E-state index in [9.17, 15) is 9.59 Å². The van der Waals surface area contributed by atoms with Crippen molar-refractivity contribution in [3.8, 4) is 11.6 Å². The fourth-order valence-electron chi connectivity index (χ4n) is 4.91. The van der Waals surface area contributed by atoms with Gasteiger partial charge >= 0.3 is 0 Å². The van der Waals surface area contributed by atoms with Crippen LogP contribution in [0.25, 0.3) is 0 Å². The molecule has 2 aliphatic heterocycles. The molecule has 0 N–H and O–H groups in total. The van der Waals surface area contributed by atoms with Gasteiger partial charge in [0.05, 0.1) is 0 Å². The molecule has 2 aliphatic rings. The number of nitrogens with zero attached hydrogens (tertiary/aromatic N) is 4. The molecule has 2 saturated heterocycles. The number of hydrogen-bond acceptors (Lipinski definition) is 6. The van der Waals surface area contributed by atoms with Crippen LogP contribution in [-0.2, 0) is 14.3 Å². The molecule has 0 spiro atoms. The number of likely N-dealkylation sites (tertiary alicyclic amines) is 2. The minimum atomic E-state index is -0.464. The van der Waals surface area contributed by atoms with Crippen molar-refractivity contribution in [1.82, 2.24) is 19.8 Å². The molecule has 2 aromatic rings. The number of aryl methyl sites for hydroxylation is 1. The van der Waals surface area contributed by atoms with Gasteiger partial charge in [-0.3, -0.25) is 14.6 Å². The largest absolute Gasteiger partial charge is 0.437 e. The van der Waals surface area contributed by atoms with Gasteiger partial charge in [-0.15, -0.1) is 0 Å². The van der Waals surface area contributed by atoms with Crippen molar-refractivity contribution < 1.29 is 19.1 Å². The quantitative estimate of drug-likeness (QED) is 0.647. The van der Waals surface area contributed by atoms with Crippen molar-refractivity contribution in [2.75, 3.05) is 39.9 Å². The minimum absolute atomic E-state index is 0.0149. The summed E-state index contributed by atoms with van der Waals surface area (Å²) >= 11 is 0. The van der Waals surface area contributed by atoms with E-state index >= 15 is 0 Å². The number of carbonyl (C=O) groups excluding carboxylic acids is 2. The van der Waals surface area contributed by atoms with Crippen LogP contribution in [0.5, 0.6) is 11.6 Å². The van der Waals surface area contributed by atoms with E-state index < -0.39 is 5.41 Å². The highest BCUT2D eigenvalue weighted by Crippen LogP contribution is 2.37. The van der Waals surface area contributed by atoms with Crippen LogP contribution in [0.3, 0.4) is 0 Å². The van der Waals surface area contributed by atoms with Crippen LogP contribution in [0.15, 0.2) is 36.7 Å². The first-order valence-corrected chi connectivity index (χ1v) is 12.0. The molecule has 0 aliphatic carbocycles. The first-order chi connectivity index (χ1) is 16.4. The SMILES string of the molecule is COCC(=O)N1CCC(C)(C(=O)N2CCCC(c3nccnc3Oc3ccccc3C)C2)CC1. The zero-order valence-electron chi connectivity index (χ0n) is 20.3. The molecule has 0 bridgehead atoms. The standard InChI is InChI=1S/C26H34N4O4/c1-19-7-4-5-9-21(19)34-24-23(27-12-13-28-24)20-8-6-14-30(17-20)25(32)26(2)10-15-29(16-11-26)22(31)18-33-3/h4-5,7,9,12-13,20H,6,8,10-11,14-18H2,1-3H3. The Balaban J connectivity index is 1.45. The second-order valence-corrected chi connectivity index (χ2v) is 9.58. The van der Waals surface area contributed by atoms with Crippen LogP contribution in [-0.4, -0.2) is 71.5 Å². The number of carbonyl (C=O) groups is 2. The van der Waals surface area contributed by atoms with Crippen molar-refractivity contribution >= 4 is 11.8 Å². The average molecular weight is 467 g/mol. The molecule has 34 heavy (non-hydrogen) atoms. The van der Waals surface area contributed by atoms with Crippen LogP contribution in [0.2, 0.25) is 0 Å². The molecular weight excluding hydrogens is 432 g/mol. The first kappa shape index (κ1) is 24.1. The molecule has 8 nitrogen and oxygen atoms in total. The summed E-state index contributed by atoms with van der Waals surface area (Å²) in [6.45, 7) is 6.63. The van der Waals surface area contributed by atoms with E-state index in [-0.39, 0.29) is 24.3 Å². The molecule has 1 atom stereocenters. The molecule has 0 radical (unpaired) electrons. The zero-order valence-corrected chi connectivity index (χ0v) is 20.3. The van der Waals surface area contributed by atoms with Gasteiger partial charge in [-0.1, -0.05) is 25.1 Å². The Labute approximate surface area is 201 Å². The molecule has 8 heteroatoms. The lowest BCUT2D eigenvalue weighted by Gasteiger charge is -2.43. The van der Waals surface area contributed by atoms with Gasteiger partial charge < -0.3 is 19.3 Å². The molecule has 3 heterocycles. The molecule has 2 amide bonds. The highest BCUT2D eigenvalue weighted by atomic mass is 16.5. The number of methoxy groups -OCH3 is 1. The molecule has 4 rings (SSSR count). The maximum atomic E-state index is 13.6. The Bertz CT molecular complexity index is 1020. The molecule has 1 aromatic carbocycles. The summed E-state index contributed by atoms with van der Waals surface area (Å²) in [6, 6.07) is 7.84. The Morgan fingerprint density at radius 2 is 1.82 bits per heavy atom. The minimum Gasteiger partial charge on any atom is -0.437 e. The van der Waals surface area contributed by atoms with Crippen LogP contribution in [0.1, 0.15) is 49.8 Å². The van der Waals surface area contributed by atoms with Crippen molar-refractivity contribution in [3.05, 3.63) is 47.9 Å². The Hall–Kier alpha value is -3.00. The van der Waals surface area contributed by atoms with Gasteiger partial charge in [0, 0.05) is 57.0 Å². The topological polar surface area (TPSA) is 84.9 Å². The molecule has 0 saturated carbocycles. The third-order valence-electron chi connectivity index (χ3n) is 7.09. The van der Waals surface area contributed by atoms with E-state index in [1.54, 1.807) is 17.3 Å². The monoisotopic (exact) mass is 466 g/mol. The summed E-state index contributed by atoms with van der Waals surface area (Å²) in [5.74, 6) is 1.49. The van der Waals surface area contributed by atoms with E-state index in [0.29, 0.717) is 38.4 Å². The highest BCUT2D eigenvalue weighted by molar-refractivity contribution is 5.83. The third kappa shape index (κ3) is 5.22. The lowest BCUT2D eigenvalue weighted by Crippen LogP contribution is -2.52. The number of aromatic nitrogens is 2. The van der Waals surface area contributed by atoms with E-state index in [4.69, 9.17) is 9.47 Å². The smallest absolute Gasteiger partial charge is 0.248 e. The van der Waals surface area contributed by atoms with Gasteiger partial charge in [0.15, 0.2) is 0 Å². The van der Waals surface area contributed by atoms with Crippen molar-refractivity contribution in [1.29, 1.82) is 0 Å². The van der Waals surface area contributed by atoms with Gasteiger partial charge in [0.25, 0.3) is 0 Å². The van der Waals surface area contributed by atoms with Crippen LogP contribution >= 0.6 is 0 Å². The van der Waals surface area contributed by atoms with E-state index in [1.165, 1.54) is 7.11 Å². The fourth-order valence-corrected chi connectivity index (χ4v) is 4.91. The van der Waals surface area contributed by atoms with Crippen LogP contribution < -0.4 is 4.74 Å². The van der Waals surface area contributed by atoms with Gasteiger partial charge in [0.2, 0.25) is 17.7 Å². The summed E-state index contributed by atoms with van der Waals surface area (Å²) in [4.78, 5) is 38.6. The predicted molar refractivity (Wildman–Crippen MR) is 128 cm³/mol. The van der Waals surface area contributed by atoms with Gasteiger partial charge in [-0.05, 0) is 44.2 Å².